The smallest absolute Gasteiger partial charge is 0.211 e. The van der Waals surface area contributed by atoms with Gasteiger partial charge in [0.25, 0.3) is 0 Å². The minimum Gasteiger partial charge on any atom is -0.211 e. The molecule has 0 aromatic heterocycles. The molecule has 0 saturated heterocycles. The van der Waals surface area contributed by atoms with Crippen LogP contribution in [0.4, 0.5) is 13.2 Å². The van der Waals surface area contributed by atoms with E-state index in [4.69, 9.17) is 0 Å². The molecule has 13 heavy (non-hydrogen) atoms. The zero-order valence-corrected chi connectivity index (χ0v) is 6.30. The molecule has 1 aromatic carbocycles. The van der Waals surface area contributed by atoms with Crippen molar-refractivity contribution in [1.82, 2.24) is 0 Å². The van der Waals surface area contributed by atoms with E-state index in [1.165, 1.54) is 0 Å². The summed E-state index contributed by atoms with van der Waals surface area (Å²) in [6.45, 7) is 0. The van der Waals surface area contributed by atoms with Crippen LogP contribution in [-0.2, 0) is 10.8 Å². The Morgan fingerprint density at radius 2 is 2.08 bits per heavy atom. The summed E-state index contributed by atoms with van der Waals surface area (Å²) < 4.78 is 37.9. The molecular weight excluding hydrogens is 183 g/mol. The molecule has 0 heterocycles. The molecule has 5 heteroatoms. The number of hydrogen-bond donors (Lipinski definition) is 0. The summed E-state index contributed by atoms with van der Waals surface area (Å²) in [5.74, 6) is -0.807. The third kappa shape index (κ3) is 2.16. The van der Waals surface area contributed by atoms with Gasteiger partial charge in [0, 0.05) is 5.56 Å². The average Bonchev–Trinajstić information content (AvgIpc) is 2.04. The van der Waals surface area contributed by atoms with Gasteiger partial charge in [0.15, 0.2) is 0 Å². The topological polar surface area (TPSA) is 29.4 Å². The molecule has 0 N–H and O–H groups in total. The lowest BCUT2D eigenvalue weighted by Crippen LogP contribution is -2.09. The van der Waals surface area contributed by atoms with Crippen LogP contribution in [0.15, 0.2) is 29.3 Å². The lowest BCUT2D eigenvalue weighted by atomic mass is 10.2. The monoisotopic (exact) mass is 187 g/mol. The fourth-order valence-electron chi connectivity index (χ4n) is 0.797. The van der Waals surface area contributed by atoms with Crippen molar-refractivity contribution >= 4 is 6.08 Å². The molecule has 0 bridgehead atoms. The van der Waals surface area contributed by atoms with Crippen LogP contribution in [0.2, 0.25) is 0 Å². The number of hydrogen-bond acceptors (Lipinski definition) is 2. The second kappa shape index (κ2) is 3.41. The second-order valence-electron chi connectivity index (χ2n) is 2.25. The number of carbonyl (C=O) groups excluding carboxylic acids is 1. The Hall–Kier alpha value is -1.61. The van der Waals surface area contributed by atoms with Gasteiger partial charge in [0.05, 0.1) is 0 Å². The zero-order valence-electron chi connectivity index (χ0n) is 6.30. The summed E-state index contributed by atoms with van der Waals surface area (Å²) in [6, 6.07) is 0.0116. The summed E-state index contributed by atoms with van der Waals surface area (Å²) in [7, 11) is 0. The Balaban J connectivity index is 3.13. The molecule has 0 fully saturated rings. The lowest BCUT2D eigenvalue weighted by molar-refractivity contribution is 0.00586. The van der Waals surface area contributed by atoms with E-state index in [1.807, 2.05) is 0 Å². The van der Waals surface area contributed by atoms with Crippen molar-refractivity contribution in [3.63, 3.8) is 0 Å². The van der Waals surface area contributed by atoms with E-state index >= 15 is 0 Å². The van der Waals surface area contributed by atoms with Gasteiger partial charge in [-0.2, -0.15) is 8.78 Å². The highest BCUT2D eigenvalue weighted by Crippen LogP contribution is 2.28. The van der Waals surface area contributed by atoms with E-state index in [2.05, 4.69) is 4.99 Å². The van der Waals surface area contributed by atoms with E-state index in [1.54, 1.807) is 0 Å². The van der Waals surface area contributed by atoms with E-state index in [0.717, 1.165) is 24.3 Å². The SMILES string of the molecule is O=C=NC(F)(F)c1cccc(F)c1. The number of rotatable bonds is 2. The predicted molar refractivity (Wildman–Crippen MR) is 38.4 cm³/mol. The zero-order chi connectivity index (χ0) is 9.90. The molecule has 2 nitrogen and oxygen atoms in total. The van der Waals surface area contributed by atoms with Crippen molar-refractivity contribution in [2.45, 2.75) is 6.05 Å². The maximum atomic E-state index is 12.7. The van der Waals surface area contributed by atoms with Crippen LogP contribution in [0.25, 0.3) is 0 Å². The fraction of sp³-hybridized carbons (Fsp3) is 0.125. The number of isocyanates is 1. The van der Waals surface area contributed by atoms with Crippen molar-refractivity contribution in [3.05, 3.63) is 35.6 Å². The van der Waals surface area contributed by atoms with Gasteiger partial charge in [-0.3, -0.25) is 0 Å². The number of alkyl halides is 2. The molecule has 0 amide bonds. The van der Waals surface area contributed by atoms with Gasteiger partial charge >= 0.3 is 6.05 Å². The molecule has 1 aromatic rings. The minimum absolute atomic E-state index is 0.612. The lowest BCUT2D eigenvalue weighted by Gasteiger charge is -2.08. The van der Waals surface area contributed by atoms with E-state index in [0.29, 0.717) is 6.07 Å². The molecule has 0 spiro atoms. The van der Waals surface area contributed by atoms with Gasteiger partial charge in [0.2, 0.25) is 6.08 Å². The van der Waals surface area contributed by atoms with Gasteiger partial charge in [0.1, 0.15) is 5.82 Å². The molecule has 1 rings (SSSR count). The highest BCUT2D eigenvalue weighted by Gasteiger charge is 2.30. The van der Waals surface area contributed by atoms with Crippen LogP contribution in [-0.4, -0.2) is 6.08 Å². The first-order valence-corrected chi connectivity index (χ1v) is 3.29. The van der Waals surface area contributed by atoms with Gasteiger partial charge in [-0.1, -0.05) is 12.1 Å². The highest BCUT2D eigenvalue weighted by atomic mass is 19.3. The van der Waals surface area contributed by atoms with Gasteiger partial charge in [-0.25, -0.2) is 9.18 Å². The molecule has 0 atom stereocenters. The molecule has 0 aliphatic carbocycles. The van der Waals surface area contributed by atoms with Crippen LogP contribution in [0.1, 0.15) is 5.56 Å². The largest absolute Gasteiger partial charge is 0.379 e. The van der Waals surface area contributed by atoms with Gasteiger partial charge in [-0.05, 0) is 12.1 Å². The third-order valence-electron chi connectivity index (χ3n) is 1.36. The van der Waals surface area contributed by atoms with Gasteiger partial charge in [-0.15, -0.1) is 4.99 Å². The quantitative estimate of drug-likeness (QED) is 0.396. The van der Waals surface area contributed by atoms with E-state index in [9.17, 15) is 18.0 Å². The summed E-state index contributed by atoms with van der Waals surface area (Å²) >= 11 is 0. The van der Waals surface area contributed by atoms with Gasteiger partial charge < -0.3 is 0 Å². The first-order chi connectivity index (χ1) is 6.06. The highest BCUT2D eigenvalue weighted by molar-refractivity contribution is 5.35. The summed E-state index contributed by atoms with van der Waals surface area (Å²) in [5.41, 5.74) is -0.671. The van der Waals surface area contributed by atoms with Crippen LogP contribution in [0.3, 0.4) is 0 Å². The Morgan fingerprint density at radius 3 is 2.62 bits per heavy atom. The summed E-state index contributed by atoms with van der Waals surface area (Å²) in [4.78, 5) is 11.9. The summed E-state index contributed by atoms with van der Waals surface area (Å²) in [5, 5.41) is 0. The Kier molecular flexibility index (Phi) is 2.49. The van der Waals surface area contributed by atoms with Crippen molar-refractivity contribution in [2.24, 2.45) is 4.99 Å². The van der Waals surface area contributed by atoms with E-state index < -0.39 is 17.4 Å². The number of nitrogens with zero attached hydrogens (tertiary/aromatic N) is 1. The van der Waals surface area contributed by atoms with Crippen LogP contribution >= 0.6 is 0 Å². The second-order valence-corrected chi connectivity index (χ2v) is 2.25. The molecule has 0 aliphatic heterocycles. The maximum absolute atomic E-state index is 12.7. The first-order valence-electron chi connectivity index (χ1n) is 3.29. The molecule has 0 unspecified atom stereocenters. The molecule has 0 radical (unpaired) electrons. The molecule has 68 valence electrons. The van der Waals surface area contributed by atoms with Crippen molar-refractivity contribution < 1.29 is 18.0 Å². The maximum Gasteiger partial charge on any atom is 0.379 e. The summed E-state index contributed by atoms with van der Waals surface area (Å²) in [6.07, 6.45) is 0.728. The molecule has 0 saturated carbocycles. The normalized spacial score (nSPS) is 10.7. The van der Waals surface area contributed by atoms with Crippen molar-refractivity contribution in [3.8, 4) is 0 Å². The Labute approximate surface area is 71.7 Å². The van der Waals surface area contributed by atoms with Crippen LogP contribution in [0.5, 0.6) is 0 Å². The molecule has 0 aliphatic rings. The number of benzene rings is 1. The van der Waals surface area contributed by atoms with Crippen molar-refractivity contribution in [2.75, 3.05) is 0 Å². The average molecular weight is 187 g/mol. The van der Waals surface area contributed by atoms with Crippen LogP contribution in [0, 0.1) is 5.82 Å². The fourth-order valence-corrected chi connectivity index (χ4v) is 0.797. The molecular formula is C8H4F3NO. The Morgan fingerprint density at radius 1 is 1.38 bits per heavy atom. The number of halogens is 3. The predicted octanol–water partition coefficient (Wildman–Crippen LogP) is 2.21. The van der Waals surface area contributed by atoms with E-state index in [-0.39, 0.29) is 0 Å². The Bertz CT molecular complexity index is 358. The standard InChI is InChI=1S/C8H4F3NO/c9-7-3-1-2-6(4-7)8(10,11)12-5-13/h1-4H. The van der Waals surface area contributed by atoms with Crippen molar-refractivity contribution in [1.29, 1.82) is 0 Å². The number of aliphatic imine (C=N–C) groups is 1. The van der Waals surface area contributed by atoms with Crippen LogP contribution < -0.4 is 0 Å². The third-order valence-corrected chi connectivity index (χ3v) is 1.36. The minimum atomic E-state index is -3.70. The first kappa shape index (κ1) is 9.48.